The van der Waals surface area contributed by atoms with Gasteiger partial charge in [0.25, 0.3) is 5.91 Å². The van der Waals surface area contributed by atoms with Crippen molar-refractivity contribution >= 4 is 51.0 Å². The Bertz CT molecular complexity index is 1510. The molecular weight excluding hydrogens is 580 g/mol. The number of nitrogens with one attached hydrogen (secondary N) is 1. The molecule has 0 heterocycles. The van der Waals surface area contributed by atoms with Gasteiger partial charge < -0.3 is 10.1 Å². The summed E-state index contributed by atoms with van der Waals surface area (Å²) < 4.78 is 45.5. The van der Waals surface area contributed by atoms with Gasteiger partial charge in [-0.2, -0.15) is 18.4 Å². The first-order valence-corrected chi connectivity index (χ1v) is 11.8. The average molecular weight is 598 g/mol. The molecule has 0 aliphatic carbocycles. The van der Waals surface area contributed by atoms with Gasteiger partial charge in [-0.1, -0.05) is 48.5 Å². The maximum atomic E-state index is 12.9. The van der Waals surface area contributed by atoms with Gasteiger partial charge in [0.15, 0.2) is 0 Å². The molecule has 0 fully saturated rings. The zero-order valence-electron chi connectivity index (χ0n) is 18.6. The van der Waals surface area contributed by atoms with Crippen molar-refractivity contribution in [1.82, 2.24) is 0 Å². The molecule has 4 aromatic carbocycles. The van der Waals surface area contributed by atoms with Crippen molar-refractivity contribution in [2.24, 2.45) is 0 Å². The highest BCUT2D eigenvalue weighted by atomic mass is 127. The molecule has 0 aliphatic heterocycles. The van der Waals surface area contributed by atoms with Crippen LogP contribution in [0.15, 0.2) is 90.5 Å². The van der Waals surface area contributed by atoms with E-state index in [1.54, 1.807) is 24.3 Å². The minimum absolute atomic E-state index is 0.0528. The molecule has 180 valence electrons. The van der Waals surface area contributed by atoms with E-state index < -0.39 is 17.6 Å². The Morgan fingerprint density at radius 1 is 0.972 bits per heavy atom. The number of fused-ring (bicyclic) bond motifs is 1. The highest BCUT2D eigenvalue weighted by Gasteiger charge is 2.30. The molecule has 0 atom stereocenters. The Kier molecular flexibility index (Phi) is 7.60. The minimum Gasteiger partial charge on any atom is -0.488 e. The number of nitriles is 1. The molecule has 4 aromatic rings. The number of carbonyl (C=O) groups excluding carboxylic acids is 1. The van der Waals surface area contributed by atoms with Crippen molar-refractivity contribution in [2.45, 2.75) is 12.8 Å². The average Bonchev–Trinajstić information content (AvgIpc) is 2.86. The maximum Gasteiger partial charge on any atom is 0.416 e. The number of hydrogen-bond donors (Lipinski definition) is 1. The Balaban J connectivity index is 1.45. The van der Waals surface area contributed by atoms with Gasteiger partial charge in [-0.25, -0.2) is 0 Å². The van der Waals surface area contributed by atoms with Gasteiger partial charge in [0.1, 0.15) is 24.0 Å². The number of halogens is 4. The second kappa shape index (κ2) is 10.8. The number of amides is 1. The summed E-state index contributed by atoms with van der Waals surface area (Å²) in [5.41, 5.74) is 0.410. The number of hydrogen-bond acceptors (Lipinski definition) is 3. The molecule has 0 bridgehead atoms. The molecule has 0 saturated carbocycles. The minimum atomic E-state index is -4.54. The lowest BCUT2D eigenvalue weighted by Gasteiger charge is -2.11. The van der Waals surface area contributed by atoms with Gasteiger partial charge in [0, 0.05) is 5.69 Å². The number of ether oxygens (including phenoxy) is 1. The normalized spacial score (nSPS) is 11.7. The SMILES string of the molecule is N#C/C(=C/c1ccc(OCc2ccc3ccccc3c2)c(I)c1)C(=O)Nc1cccc(C(F)(F)F)c1. The van der Waals surface area contributed by atoms with Gasteiger partial charge in [0.2, 0.25) is 0 Å². The van der Waals surface area contributed by atoms with Crippen molar-refractivity contribution in [3.63, 3.8) is 0 Å². The Hall–Kier alpha value is -3.84. The summed E-state index contributed by atoms with van der Waals surface area (Å²) in [6, 6.07) is 25.4. The third-order valence-electron chi connectivity index (χ3n) is 5.29. The van der Waals surface area contributed by atoms with Gasteiger partial charge in [-0.15, -0.1) is 0 Å². The van der Waals surface area contributed by atoms with E-state index in [9.17, 15) is 23.2 Å². The van der Waals surface area contributed by atoms with Crippen LogP contribution in [0.1, 0.15) is 16.7 Å². The smallest absolute Gasteiger partial charge is 0.416 e. The second-order valence-electron chi connectivity index (χ2n) is 7.86. The number of benzene rings is 4. The lowest BCUT2D eigenvalue weighted by Crippen LogP contribution is -2.14. The lowest BCUT2D eigenvalue weighted by molar-refractivity contribution is -0.137. The van der Waals surface area contributed by atoms with Crippen LogP contribution in [0.4, 0.5) is 18.9 Å². The van der Waals surface area contributed by atoms with E-state index >= 15 is 0 Å². The third-order valence-corrected chi connectivity index (χ3v) is 6.13. The molecule has 1 N–H and O–H groups in total. The summed E-state index contributed by atoms with van der Waals surface area (Å²) in [6.07, 6.45) is -3.17. The number of anilines is 1. The van der Waals surface area contributed by atoms with Gasteiger partial charge in [-0.3, -0.25) is 4.79 Å². The number of alkyl halides is 3. The largest absolute Gasteiger partial charge is 0.488 e. The number of carbonyl (C=O) groups is 1. The highest BCUT2D eigenvalue weighted by molar-refractivity contribution is 14.1. The van der Waals surface area contributed by atoms with E-state index in [0.29, 0.717) is 17.9 Å². The quantitative estimate of drug-likeness (QED) is 0.141. The van der Waals surface area contributed by atoms with E-state index in [1.807, 2.05) is 36.4 Å². The van der Waals surface area contributed by atoms with Crippen molar-refractivity contribution in [2.75, 3.05) is 5.32 Å². The summed E-state index contributed by atoms with van der Waals surface area (Å²) in [5, 5.41) is 14.1. The van der Waals surface area contributed by atoms with Crippen LogP contribution in [0.2, 0.25) is 0 Å². The van der Waals surface area contributed by atoms with E-state index in [1.165, 1.54) is 18.2 Å². The lowest BCUT2D eigenvalue weighted by atomic mass is 10.1. The van der Waals surface area contributed by atoms with Crippen LogP contribution in [0.25, 0.3) is 16.8 Å². The van der Waals surface area contributed by atoms with Crippen molar-refractivity contribution < 1.29 is 22.7 Å². The van der Waals surface area contributed by atoms with Crippen LogP contribution in [0, 0.1) is 14.9 Å². The van der Waals surface area contributed by atoms with Crippen molar-refractivity contribution in [3.05, 3.63) is 111 Å². The second-order valence-corrected chi connectivity index (χ2v) is 9.02. The van der Waals surface area contributed by atoms with Crippen molar-refractivity contribution in [3.8, 4) is 11.8 Å². The molecule has 0 radical (unpaired) electrons. The molecular formula is C28H18F3IN2O2. The molecule has 0 unspecified atom stereocenters. The third kappa shape index (κ3) is 6.23. The van der Waals surface area contributed by atoms with Gasteiger partial charge in [0.05, 0.1) is 9.13 Å². The molecule has 36 heavy (non-hydrogen) atoms. The zero-order valence-corrected chi connectivity index (χ0v) is 20.8. The molecule has 4 nitrogen and oxygen atoms in total. The van der Waals surface area contributed by atoms with Crippen LogP contribution in [0.5, 0.6) is 5.75 Å². The summed E-state index contributed by atoms with van der Waals surface area (Å²) >= 11 is 2.10. The zero-order chi connectivity index (χ0) is 25.7. The Labute approximate surface area is 219 Å². The van der Waals surface area contributed by atoms with Crippen LogP contribution >= 0.6 is 22.6 Å². The van der Waals surface area contributed by atoms with Crippen LogP contribution in [-0.4, -0.2) is 5.91 Å². The predicted octanol–water partition coefficient (Wildman–Crippen LogP) is 7.59. The molecule has 8 heteroatoms. The first-order chi connectivity index (χ1) is 17.2. The number of nitrogens with zero attached hydrogens (tertiary/aromatic N) is 1. The first kappa shape index (κ1) is 25.3. The van der Waals surface area contributed by atoms with E-state index in [-0.39, 0.29) is 11.3 Å². The monoisotopic (exact) mass is 598 g/mol. The maximum absolute atomic E-state index is 12.9. The molecule has 0 spiro atoms. The van der Waals surface area contributed by atoms with Gasteiger partial charge in [-0.05, 0) is 87.0 Å². The van der Waals surface area contributed by atoms with E-state index in [4.69, 9.17) is 4.74 Å². The molecule has 0 saturated heterocycles. The fourth-order valence-corrected chi connectivity index (χ4v) is 4.20. The fourth-order valence-electron chi connectivity index (χ4n) is 3.50. The van der Waals surface area contributed by atoms with Crippen LogP contribution in [-0.2, 0) is 17.6 Å². The molecule has 4 rings (SSSR count). The predicted molar refractivity (Wildman–Crippen MR) is 141 cm³/mol. The fraction of sp³-hybridized carbons (Fsp3) is 0.0714. The van der Waals surface area contributed by atoms with Crippen LogP contribution < -0.4 is 10.1 Å². The summed E-state index contributed by atoms with van der Waals surface area (Å²) in [7, 11) is 0. The highest BCUT2D eigenvalue weighted by Crippen LogP contribution is 2.31. The molecule has 0 aliphatic rings. The number of rotatable bonds is 6. The molecule has 0 aromatic heterocycles. The summed E-state index contributed by atoms with van der Waals surface area (Å²) in [6.45, 7) is 0.374. The van der Waals surface area contributed by atoms with Gasteiger partial charge >= 0.3 is 6.18 Å². The van der Waals surface area contributed by atoms with E-state index in [2.05, 4.69) is 34.0 Å². The standard InChI is InChI=1S/C28H18F3IN2O2/c29-28(30,31)23-6-3-7-24(15-23)34-27(35)22(16-33)12-18-9-11-26(25(32)14-18)36-17-19-8-10-20-4-1-2-5-21(20)13-19/h1-15H,17H2,(H,34,35)/b22-12-. The van der Waals surface area contributed by atoms with E-state index in [0.717, 1.165) is 32.0 Å². The molecule has 1 amide bonds. The Morgan fingerprint density at radius 3 is 2.47 bits per heavy atom. The summed E-state index contributed by atoms with van der Waals surface area (Å²) in [5.74, 6) is -0.156. The Morgan fingerprint density at radius 2 is 1.75 bits per heavy atom. The van der Waals surface area contributed by atoms with Crippen LogP contribution in [0.3, 0.4) is 0 Å². The van der Waals surface area contributed by atoms with Crippen molar-refractivity contribution in [1.29, 1.82) is 5.26 Å². The summed E-state index contributed by atoms with van der Waals surface area (Å²) in [4.78, 5) is 12.5. The topological polar surface area (TPSA) is 62.1 Å². The first-order valence-electron chi connectivity index (χ1n) is 10.7.